The molecule has 0 bridgehead atoms. The summed E-state index contributed by atoms with van der Waals surface area (Å²) in [5, 5.41) is 8.62. The van der Waals surface area contributed by atoms with Crippen LogP contribution in [0, 0.1) is 0 Å². The van der Waals surface area contributed by atoms with Crippen LogP contribution in [0.3, 0.4) is 0 Å². The van der Waals surface area contributed by atoms with Crippen molar-refractivity contribution < 1.29 is 5.11 Å². The molecule has 4 heteroatoms. The maximum Gasteiger partial charge on any atom is 0.0701 e. The minimum Gasteiger partial charge on any atom is -0.396 e. The molecule has 0 spiro atoms. The lowest BCUT2D eigenvalue weighted by Crippen LogP contribution is -2.09. The van der Waals surface area contributed by atoms with Gasteiger partial charge in [-0.2, -0.15) is 0 Å². The predicted molar refractivity (Wildman–Crippen MR) is 50.7 cm³/mol. The number of nitrogens with two attached hydrogens (primary N) is 1. The zero-order chi connectivity index (χ0) is 8.27. The Kier molecular flexibility index (Phi) is 3.51. The van der Waals surface area contributed by atoms with E-state index in [1.54, 1.807) is 11.3 Å². The summed E-state index contributed by atoms with van der Waals surface area (Å²) >= 11 is 4.97. The van der Waals surface area contributed by atoms with Crippen molar-refractivity contribution in [3.05, 3.63) is 20.8 Å². The van der Waals surface area contributed by atoms with E-state index in [1.165, 1.54) is 0 Å². The number of aliphatic hydroxyl groups excluding tert-OH is 1. The molecule has 0 amide bonds. The molecule has 2 nitrogen and oxygen atoms in total. The number of thiophene rings is 1. The lowest BCUT2D eigenvalue weighted by molar-refractivity contribution is 0.277. The molecule has 1 unspecified atom stereocenters. The Morgan fingerprint density at radius 1 is 1.64 bits per heavy atom. The summed E-state index contributed by atoms with van der Waals surface area (Å²) in [6.45, 7) is 0.149. The van der Waals surface area contributed by atoms with E-state index in [4.69, 9.17) is 10.8 Å². The van der Waals surface area contributed by atoms with Gasteiger partial charge in [0.1, 0.15) is 0 Å². The maximum atomic E-state index is 8.62. The van der Waals surface area contributed by atoms with Crippen LogP contribution in [0.25, 0.3) is 0 Å². The Balaban J connectivity index is 2.60. The van der Waals surface area contributed by atoms with E-state index in [0.717, 1.165) is 8.66 Å². The molecular weight excluding hydrogens is 226 g/mol. The molecule has 0 radical (unpaired) electrons. The average Bonchev–Trinajstić information content (AvgIpc) is 2.36. The van der Waals surface area contributed by atoms with E-state index in [9.17, 15) is 0 Å². The van der Waals surface area contributed by atoms with Crippen molar-refractivity contribution in [2.45, 2.75) is 12.5 Å². The highest BCUT2D eigenvalue weighted by molar-refractivity contribution is 9.11. The van der Waals surface area contributed by atoms with Gasteiger partial charge in [0, 0.05) is 17.5 Å². The normalized spacial score (nSPS) is 13.4. The van der Waals surface area contributed by atoms with Crippen molar-refractivity contribution >= 4 is 27.3 Å². The first-order chi connectivity index (χ1) is 5.24. The van der Waals surface area contributed by atoms with E-state index in [-0.39, 0.29) is 12.6 Å². The van der Waals surface area contributed by atoms with Crippen LogP contribution in [-0.4, -0.2) is 11.7 Å². The van der Waals surface area contributed by atoms with Gasteiger partial charge in [-0.1, -0.05) is 0 Å². The number of hydrogen-bond donors (Lipinski definition) is 2. The molecule has 0 aliphatic carbocycles. The quantitative estimate of drug-likeness (QED) is 0.841. The summed E-state index contributed by atoms with van der Waals surface area (Å²) in [4.78, 5) is 1.12. The fraction of sp³-hybridized carbons (Fsp3) is 0.429. The van der Waals surface area contributed by atoms with Crippen LogP contribution in [0.1, 0.15) is 17.3 Å². The fourth-order valence-corrected chi connectivity index (χ4v) is 2.27. The molecule has 0 saturated heterocycles. The molecule has 1 aromatic heterocycles. The van der Waals surface area contributed by atoms with Crippen molar-refractivity contribution in [1.82, 2.24) is 0 Å². The second-order valence-corrected chi connectivity index (χ2v) is 4.76. The van der Waals surface area contributed by atoms with Crippen LogP contribution in [0.5, 0.6) is 0 Å². The van der Waals surface area contributed by atoms with Gasteiger partial charge in [0.05, 0.1) is 3.79 Å². The molecule has 0 aliphatic heterocycles. The summed E-state index contributed by atoms with van der Waals surface area (Å²) in [5.74, 6) is 0. The summed E-state index contributed by atoms with van der Waals surface area (Å²) in [6, 6.07) is 3.93. The topological polar surface area (TPSA) is 46.2 Å². The van der Waals surface area contributed by atoms with E-state index >= 15 is 0 Å². The summed E-state index contributed by atoms with van der Waals surface area (Å²) in [5.41, 5.74) is 5.75. The van der Waals surface area contributed by atoms with Crippen LogP contribution >= 0.6 is 27.3 Å². The predicted octanol–water partition coefficient (Wildman–Crippen LogP) is 1.89. The van der Waals surface area contributed by atoms with E-state index in [2.05, 4.69) is 15.9 Å². The first-order valence-electron chi connectivity index (χ1n) is 3.35. The van der Waals surface area contributed by atoms with Crippen LogP contribution in [-0.2, 0) is 0 Å². The zero-order valence-electron chi connectivity index (χ0n) is 5.96. The Morgan fingerprint density at radius 2 is 2.36 bits per heavy atom. The molecule has 0 aliphatic rings. The third-order valence-corrected chi connectivity index (χ3v) is 3.16. The van der Waals surface area contributed by atoms with Crippen LogP contribution in [0.2, 0.25) is 0 Å². The van der Waals surface area contributed by atoms with Gasteiger partial charge in [-0.05, 0) is 34.5 Å². The molecular formula is C7H10BrNOS. The Hall–Kier alpha value is 0.1000. The summed E-state index contributed by atoms with van der Waals surface area (Å²) in [6.07, 6.45) is 0.632. The molecule has 0 saturated carbocycles. The van der Waals surface area contributed by atoms with Gasteiger partial charge in [0.25, 0.3) is 0 Å². The molecule has 62 valence electrons. The molecule has 3 N–H and O–H groups in total. The molecule has 1 rings (SSSR count). The fourth-order valence-electron chi connectivity index (χ4n) is 0.809. The van der Waals surface area contributed by atoms with E-state index < -0.39 is 0 Å². The molecule has 1 atom stereocenters. The minimum absolute atomic E-state index is 0.0173. The van der Waals surface area contributed by atoms with Crippen LogP contribution in [0.4, 0.5) is 0 Å². The average molecular weight is 236 g/mol. The lowest BCUT2D eigenvalue weighted by atomic mass is 10.2. The van der Waals surface area contributed by atoms with Crippen molar-refractivity contribution in [3.63, 3.8) is 0 Å². The second kappa shape index (κ2) is 4.21. The molecule has 0 aromatic carbocycles. The Bertz CT molecular complexity index is 226. The van der Waals surface area contributed by atoms with Crippen molar-refractivity contribution in [1.29, 1.82) is 0 Å². The van der Waals surface area contributed by atoms with Crippen LogP contribution in [0.15, 0.2) is 15.9 Å². The van der Waals surface area contributed by atoms with Gasteiger partial charge < -0.3 is 10.8 Å². The van der Waals surface area contributed by atoms with Gasteiger partial charge in [-0.25, -0.2) is 0 Å². The molecule has 1 heterocycles. The number of hydrogen-bond acceptors (Lipinski definition) is 3. The van der Waals surface area contributed by atoms with E-state index in [1.807, 2.05) is 12.1 Å². The third-order valence-electron chi connectivity index (χ3n) is 1.40. The number of aliphatic hydroxyl groups is 1. The molecule has 1 aromatic rings. The second-order valence-electron chi connectivity index (χ2n) is 2.26. The maximum absolute atomic E-state index is 8.62. The first-order valence-corrected chi connectivity index (χ1v) is 4.96. The zero-order valence-corrected chi connectivity index (χ0v) is 8.36. The van der Waals surface area contributed by atoms with Crippen LogP contribution < -0.4 is 5.73 Å². The monoisotopic (exact) mass is 235 g/mol. The molecule has 11 heavy (non-hydrogen) atoms. The highest BCUT2D eigenvalue weighted by atomic mass is 79.9. The van der Waals surface area contributed by atoms with Gasteiger partial charge in [-0.3, -0.25) is 0 Å². The van der Waals surface area contributed by atoms with Crippen molar-refractivity contribution in [2.75, 3.05) is 6.61 Å². The summed E-state index contributed by atoms with van der Waals surface area (Å²) in [7, 11) is 0. The first kappa shape index (κ1) is 9.19. The third kappa shape index (κ3) is 2.56. The standard InChI is InChI=1S/C7H10BrNOS/c8-7-2-1-6(11-7)5(9)3-4-10/h1-2,5,10H,3-4,9H2. The van der Waals surface area contributed by atoms with Gasteiger partial charge in [0.15, 0.2) is 0 Å². The highest BCUT2D eigenvalue weighted by Gasteiger charge is 2.06. The Morgan fingerprint density at radius 3 is 2.82 bits per heavy atom. The molecule has 0 fully saturated rings. The smallest absolute Gasteiger partial charge is 0.0701 e. The lowest BCUT2D eigenvalue weighted by Gasteiger charge is -2.05. The van der Waals surface area contributed by atoms with Gasteiger partial charge in [-0.15, -0.1) is 11.3 Å². The largest absolute Gasteiger partial charge is 0.396 e. The number of halogens is 1. The Labute approximate surface area is 78.2 Å². The van der Waals surface area contributed by atoms with Gasteiger partial charge >= 0.3 is 0 Å². The number of rotatable bonds is 3. The van der Waals surface area contributed by atoms with Gasteiger partial charge in [0.2, 0.25) is 0 Å². The SMILES string of the molecule is NC(CCO)c1ccc(Br)s1. The minimum atomic E-state index is -0.0173. The van der Waals surface area contributed by atoms with E-state index in [0.29, 0.717) is 6.42 Å². The van der Waals surface area contributed by atoms with Crippen molar-refractivity contribution in [3.8, 4) is 0 Å². The highest BCUT2D eigenvalue weighted by Crippen LogP contribution is 2.27. The summed E-state index contributed by atoms with van der Waals surface area (Å²) < 4.78 is 1.08. The van der Waals surface area contributed by atoms with Crippen molar-refractivity contribution in [2.24, 2.45) is 5.73 Å².